The molecule has 34 heavy (non-hydrogen) atoms. The summed E-state index contributed by atoms with van der Waals surface area (Å²) in [6.45, 7) is 3.40. The number of aryl methyl sites for hydroxylation is 1. The van der Waals surface area contributed by atoms with E-state index in [1.165, 1.54) is 24.1 Å². The third-order valence-corrected chi connectivity index (χ3v) is 8.57. The van der Waals surface area contributed by atoms with E-state index in [1.54, 1.807) is 19.1 Å². The van der Waals surface area contributed by atoms with E-state index in [2.05, 4.69) is 21.2 Å². The normalized spacial score (nSPS) is 15.3. The first-order chi connectivity index (χ1) is 16.1. The standard InChI is InChI=1S/C25H32BrN3O4S/c1-18-8-14-23(15-9-18)34(32,33)28(3)17-24(30)29(16-20-10-12-21(26)13-11-20)19(2)25(31)27-22-6-4-5-7-22/h8-15,19,22H,4-7,16-17H2,1-3H3,(H,27,31). The number of likely N-dealkylation sites (N-methyl/N-ethyl adjacent to an activating group) is 1. The van der Waals surface area contributed by atoms with Crippen LogP contribution in [0.4, 0.5) is 0 Å². The zero-order valence-electron chi connectivity index (χ0n) is 19.8. The van der Waals surface area contributed by atoms with Crippen molar-refractivity contribution in [3.63, 3.8) is 0 Å². The molecule has 0 saturated heterocycles. The number of carbonyl (C=O) groups excluding carboxylic acids is 2. The van der Waals surface area contributed by atoms with Gasteiger partial charge < -0.3 is 10.2 Å². The Morgan fingerprint density at radius 2 is 1.65 bits per heavy atom. The van der Waals surface area contributed by atoms with Gasteiger partial charge in [-0.05, 0) is 56.5 Å². The summed E-state index contributed by atoms with van der Waals surface area (Å²) in [7, 11) is -2.47. The molecule has 9 heteroatoms. The predicted molar refractivity (Wildman–Crippen MR) is 136 cm³/mol. The molecule has 0 aromatic heterocycles. The minimum atomic E-state index is -3.85. The summed E-state index contributed by atoms with van der Waals surface area (Å²) in [5.41, 5.74) is 1.79. The van der Waals surface area contributed by atoms with Crippen molar-refractivity contribution in [2.45, 2.75) is 63.1 Å². The second-order valence-corrected chi connectivity index (χ2v) is 11.8. The number of nitrogens with zero attached hydrogens (tertiary/aromatic N) is 2. The van der Waals surface area contributed by atoms with E-state index in [4.69, 9.17) is 0 Å². The lowest BCUT2D eigenvalue weighted by molar-refractivity contribution is -0.140. The number of rotatable bonds is 9. The van der Waals surface area contributed by atoms with Gasteiger partial charge in [-0.15, -0.1) is 0 Å². The average molecular weight is 551 g/mol. The molecule has 0 bridgehead atoms. The maximum atomic E-state index is 13.4. The van der Waals surface area contributed by atoms with Crippen LogP contribution in [0.15, 0.2) is 57.9 Å². The first-order valence-corrected chi connectivity index (χ1v) is 13.7. The molecule has 1 saturated carbocycles. The van der Waals surface area contributed by atoms with E-state index >= 15 is 0 Å². The fourth-order valence-electron chi connectivity index (χ4n) is 4.02. The van der Waals surface area contributed by atoms with E-state index in [-0.39, 0.29) is 29.9 Å². The van der Waals surface area contributed by atoms with Crippen LogP contribution in [0.5, 0.6) is 0 Å². The number of benzene rings is 2. The monoisotopic (exact) mass is 549 g/mol. The van der Waals surface area contributed by atoms with Crippen LogP contribution in [0.25, 0.3) is 0 Å². The predicted octanol–water partition coefficient (Wildman–Crippen LogP) is 3.85. The SMILES string of the molecule is Cc1ccc(S(=O)(=O)N(C)CC(=O)N(Cc2ccc(Br)cc2)C(C)C(=O)NC2CCCC2)cc1. The van der Waals surface area contributed by atoms with Gasteiger partial charge >= 0.3 is 0 Å². The molecule has 1 N–H and O–H groups in total. The van der Waals surface area contributed by atoms with Crippen molar-refractivity contribution in [3.05, 3.63) is 64.1 Å². The minimum absolute atomic E-state index is 0.125. The van der Waals surface area contributed by atoms with Gasteiger partial charge in [0.25, 0.3) is 0 Å². The van der Waals surface area contributed by atoms with E-state index < -0.39 is 22.0 Å². The number of hydrogen-bond donors (Lipinski definition) is 1. The summed E-state index contributed by atoms with van der Waals surface area (Å²) in [5.74, 6) is -0.656. The van der Waals surface area contributed by atoms with E-state index in [0.29, 0.717) is 0 Å². The Bertz CT molecular complexity index is 1100. The Kier molecular flexibility index (Phi) is 8.89. The van der Waals surface area contributed by atoms with Gasteiger partial charge in [0.1, 0.15) is 6.04 Å². The molecule has 1 atom stereocenters. The Morgan fingerprint density at radius 1 is 1.06 bits per heavy atom. The van der Waals surface area contributed by atoms with Crippen LogP contribution in [0.1, 0.15) is 43.7 Å². The molecule has 0 heterocycles. The van der Waals surface area contributed by atoms with Gasteiger partial charge in [-0.1, -0.05) is 58.6 Å². The number of amides is 2. The largest absolute Gasteiger partial charge is 0.352 e. The molecule has 2 aromatic rings. The van der Waals surface area contributed by atoms with Crippen LogP contribution in [0, 0.1) is 6.92 Å². The van der Waals surface area contributed by atoms with Gasteiger partial charge in [0.15, 0.2) is 0 Å². The summed E-state index contributed by atoms with van der Waals surface area (Å²) < 4.78 is 27.9. The summed E-state index contributed by atoms with van der Waals surface area (Å²) in [5, 5.41) is 3.05. The molecule has 3 rings (SSSR count). The molecule has 0 radical (unpaired) electrons. The van der Waals surface area contributed by atoms with Crippen molar-refractivity contribution in [2.24, 2.45) is 0 Å². The van der Waals surface area contributed by atoms with Gasteiger partial charge in [-0.3, -0.25) is 9.59 Å². The number of hydrogen-bond acceptors (Lipinski definition) is 4. The summed E-state index contributed by atoms with van der Waals surface area (Å²) >= 11 is 3.40. The van der Waals surface area contributed by atoms with Gasteiger partial charge in [0, 0.05) is 24.1 Å². The average Bonchev–Trinajstić information content (AvgIpc) is 3.31. The fourth-order valence-corrected chi connectivity index (χ4v) is 5.40. The van der Waals surface area contributed by atoms with Crippen molar-refractivity contribution in [3.8, 4) is 0 Å². The van der Waals surface area contributed by atoms with Crippen LogP contribution < -0.4 is 5.32 Å². The molecular formula is C25H32BrN3O4S. The molecule has 0 aliphatic heterocycles. The lowest BCUT2D eigenvalue weighted by Gasteiger charge is -2.31. The van der Waals surface area contributed by atoms with Crippen LogP contribution >= 0.6 is 15.9 Å². The molecule has 1 fully saturated rings. The van der Waals surface area contributed by atoms with Gasteiger partial charge in [-0.25, -0.2) is 8.42 Å². The van der Waals surface area contributed by atoms with Crippen LogP contribution in [-0.4, -0.2) is 55.1 Å². The maximum Gasteiger partial charge on any atom is 0.243 e. The van der Waals surface area contributed by atoms with E-state index in [1.807, 2.05) is 31.2 Å². The molecule has 0 spiro atoms. The highest BCUT2D eigenvalue weighted by Crippen LogP contribution is 2.20. The highest BCUT2D eigenvalue weighted by molar-refractivity contribution is 9.10. The number of sulfonamides is 1. The fraction of sp³-hybridized carbons (Fsp3) is 0.440. The smallest absolute Gasteiger partial charge is 0.243 e. The van der Waals surface area contributed by atoms with Gasteiger partial charge in [0.05, 0.1) is 11.4 Å². The third kappa shape index (κ3) is 6.67. The molecule has 1 unspecified atom stereocenters. The summed E-state index contributed by atoms with van der Waals surface area (Å²) in [4.78, 5) is 27.9. The van der Waals surface area contributed by atoms with Crippen LogP contribution in [0.3, 0.4) is 0 Å². The molecule has 2 amide bonds. The van der Waals surface area contributed by atoms with E-state index in [0.717, 1.165) is 45.6 Å². The summed E-state index contributed by atoms with van der Waals surface area (Å²) in [6, 6.07) is 13.4. The van der Waals surface area contributed by atoms with Crippen molar-refractivity contribution < 1.29 is 18.0 Å². The number of carbonyl (C=O) groups is 2. The van der Waals surface area contributed by atoms with Crippen LogP contribution in [0.2, 0.25) is 0 Å². The molecule has 2 aromatic carbocycles. The Morgan fingerprint density at radius 3 is 2.24 bits per heavy atom. The minimum Gasteiger partial charge on any atom is -0.352 e. The molecule has 184 valence electrons. The molecule has 1 aliphatic carbocycles. The summed E-state index contributed by atoms with van der Waals surface area (Å²) in [6.07, 6.45) is 4.05. The topological polar surface area (TPSA) is 86.8 Å². The third-order valence-electron chi connectivity index (χ3n) is 6.22. The zero-order chi connectivity index (χ0) is 24.9. The van der Waals surface area contributed by atoms with Crippen molar-refractivity contribution in [1.29, 1.82) is 0 Å². The first-order valence-electron chi connectivity index (χ1n) is 11.4. The quantitative estimate of drug-likeness (QED) is 0.514. The first kappa shape index (κ1) is 26.4. The van der Waals surface area contributed by atoms with Crippen LogP contribution in [-0.2, 0) is 26.2 Å². The second kappa shape index (κ2) is 11.5. The highest BCUT2D eigenvalue weighted by atomic mass is 79.9. The highest BCUT2D eigenvalue weighted by Gasteiger charge is 2.31. The van der Waals surface area contributed by atoms with Crippen molar-refractivity contribution in [2.75, 3.05) is 13.6 Å². The Hall–Kier alpha value is -2.23. The molecular weight excluding hydrogens is 518 g/mol. The van der Waals surface area contributed by atoms with Crippen molar-refractivity contribution in [1.82, 2.24) is 14.5 Å². The van der Waals surface area contributed by atoms with Gasteiger partial charge in [0.2, 0.25) is 21.8 Å². The zero-order valence-corrected chi connectivity index (χ0v) is 22.2. The molecule has 1 aliphatic rings. The van der Waals surface area contributed by atoms with Crippen molar-refractivity contribution >= 4 is 37.8 Å². The Labute approximate surface area is 210 Å². The second-order valence-electron chi connectivity index (χ2n) is 8.89. The number of halogens is 1. The Balaban J connectivity index is 1.78. The van der Waals surface area contributed by atoms with E-state index in [9.17, 15) is 18.0 Å². The molecule has 7 nitrogen and oxygen atoms in total. The van der Waals surface area contributed by atoms with Gasteiger partial charge in [-0.2, -0.15) is 4.31 Å². The lowest BCUT2D eigenvalue weighted by atomic mass is 10.1. The lowest BCUT2D eigenvalue weighted by Crippen LogP contribution is -2.52. The maximum absolute atomic E-state index is 13.4. The number of nitrogens with one attached hydrogen (secondary N) is 1.